The fourth-order valence-corrected chi connectivity index (χ4v) is 2.33. The van der Waals surface area contributed by atoms with E-state index in [9.17, 15) is 0 Å². The Balaban J connectivity index is 1.82. The monoisotopic (exact) mass is 277 g/mol. The fraction of sp³-hybridized carbons (Fsp3) is 0.533. The first-order valence-corrected chi connectivity index (χ1v) is 6.99. The Bertz CT molecular complexity index is 448. The van der Waals surface area contributed by atoms with Crippen LogP contribution < -0.4 is 10.2 Å². The maximum Gasteiger partial charge on any atom is 0.198 e. The summed E-state index contributed by atoms with van der Waals surface area (Å²) in [5, 5.41) is 3.34. The molecule has 0 fully saturated rings. The Hall–Kier alpha value is -1.59. The van der Waals surface area contributed by atoms with Crippen molar-refractivity contribution in [3.8, 4) is 0 Å². The van der Waals surface area contributed by atoms with Crippen LogP contribution in [0.4, 0.5) is 5.69 Å². The Kier molecular flexibility index (Phi) is 5.83. The second kappa shape index (κ2) is 7.87. The summed E-state index contributed by atoms with van der Waals surface area (Å²) < 4.78 is 10.4. The van der Waals surface area contributed by atoms with E-state index in [-0.39, 0.29) is 0 Å². The molecule has 0 aliphatic carbocycles. The molecule has 0 atom stereocenters. The van der Waals surface area contributed by atoms with Crippen LogP contribution in [0.25, 0.3) is 0 Å². The van der Waals surface area contributed by atoms with E-state index in [2.05, 4.69) is 39.5 Å². The van der Waals surface area contributed by atoms with E-state index in [0.29, 0.717) is 19.8 Å². The van der Waals surface area contributed by atoms with Crippen LogP contribution in [0.3, 0.4) is 0 Å². The molecule has 0 bridgehead atoms. The van der Waals surface area contributed by atoms with Crippen molar-refractivity contribution in [3.63, 3.8) is 0 Å². The van der Waals surface area contributed by atoms with Gasteiger partial charge < -0.3 is 19.7 Å². The number of hydrogen-bond acceptors (Lipinski definition) is 3. The fourth-order valence-electron chi connectivity index (χ4n) is 2.33. The van der Waals surface area contributed by atoms with Crippen LogP contribution in [0.2, 0.25) is 0 Å². The van der Waals surface area contributed by atoms with E-state index in [1.807, 2.05) is 7.05 Å². The number of methoxy groups -OCH3 is 1. The topological polar surface area (TPSA) is 46.1 Å². The molecule has 20 heavy (non-hydrogen) atoms. The molecule has 1 N–H and O–H groups in total. The minimum Gasteiger partial charge on any atom is -0.382 e. The lowest BCUT2D eigenvalue weighted by molar-refractivity contribution is 0.0733. The third-order valence-electron chi connectivity index (χ3n) is 3.32. The average molecular weight is 277 g/mol. The van der Waals surface area contributed by atoms with Gasteiger partial charge in [0.1, 0.15) is 0 Å². The molecule has 110 valence electrons. The summed E-state index contributed by atoms with van der Waals surface area (Å²) in [7, 11) is 3.49. The van der Waals surface area contributed by atoms with Gasteiger partial charge in [0.2, 0.25) is 0 Å². The number of nitrogens with zero attached hydrogens (tertiary/aromatic N) is 2. The molecule has 1 aromatic rings. The van der Waals surface area contributed by atoms with Crippen molar-refractivity contribution in [2.75, 3.05) is 52.0 Å². The van der Waals surface area contributed by atoms with Gasteiger partial charge in [-0.25, -0.2) is 0 Å². The Morgan fingerprint density at radius 1 is 1.30 bits per heavy atom. The second-order valence-electron chi connectivity index (χ2n) is 4.61. The minimum absolute atomic E-state index is 0.628. The van der Waals surface area contributed by atoms with Crippen molar-refractivity contribution < 1.29 is 9.47 Å². The summed E-state index contributed by atoms with van der Waals surface area (Å²) in [4.78, 5) is 6.58. The van der Waals surface area contributed by atoms with Crippen molar-refractivity contribution in [1.82, 2.24) is 5.32 Å². The highest BCUT2D eigenvalue weighted by Crippen LogP contribution is 2.27. The SMILES string of the molecule is CN=C(NCCOCCOC)N1CCc2ccccc21. The minimum atomic E-state index is 0.628. The summed E-state index contributed by atoms with van der Waals surface area (Å²) in [6, 6.07) is 8.47. The number of hydrogen-bond donors (Lipinski definition) is 1. The quantitative estimate of drug-likeness (QED) is 0.483. The van der Waals surface area contributed by atoms with Gasteiger partial charge in [0, 0.05) is 32.9 Å². The largest absolute Gasteiger partial charge is 0.382 e. The summed E-state index contributed by atoms with van der Waals surface area (Å²) in [5.74, 6) is 0.908. The number of guanidine groups is 1. The maximum atomic E-state index is 5.44. The first-order valence-electron chi connectivity index (χ1n) is 6.99. The van der Waals surface area contributed by atoms with Crippen molar-refractivity contribution in [2.45, 2.75) is 6.42 Å². The molecule has 0 amide bonds. The van der Waals surface area contributed by atoms with Gasteiger partial charge in [-0.2, -0.15) is 0 Å². The van der Waals surface area contributed by atoms with Crippen LogP contribution in [0, 0.1) is 0 Å². The van der Waals surface area contributed by atoms with Gasteiger partial charge in [0.25, 0.3) is 0 Å². The first-order chi connectivity index (χ1) is 9.86. The van der Waals surface area contributed by atoms with Crippen LogP contribution >= 0.6 is 0 Å². The molecule has 1 aliphatic rings. The zero-order valence-corrected chi connectivity index (χ0v) is 12.3. The number of benzene rings is 1. The number of ether oxygens (including phenoxy) is 2. The third kappa shape index (κ3) is 3.71. The predicted octanol–water partition coefficient (Wildman–Crippen LogP) is 1.29. The van der Waals surface area contributed by atoms with E-state index in [0.717, 1.165) is 25.5 Å². The molecule has 2 rings (SSSR count). The number of anilines is 1. The van der Waals surface area contributed by atoms with Crippen LogP contribution in [0.5, 0.6) is 0 Å². The number of rotatable bonds is 6. The Morgan fingerprint density at radius 2 is 2.15 bits per heavy atom. The highest BCUT2D eigenvalue weighted by atomic mass is 16.5. The summed E-state index contributed by atoms with van der Waals surface area (Å²) in [6.07, 6.45) is 1.07. The van der Waals surface area contributed by atoms with Crippen molar-refractivity contribution in [1.29, 1.82) is 0 Å². The number of fused-ring (bicyclic) bond motifs is 1. The number of aliphatic imine (C=N–C) groups is 1. The van der Waals surface area contributed by atoms with Crippen molar-refractivity contribution in [3.05, 3.63) is 29.8 Å². The summed E-state index contributed by atoms with van der Waals surface area (Å²) >= 11 is 0. The predicted molar refractivity (Wildman–Crippen MR) is 81.5 cm³/mol. The molecule has 0 saturated heterocycles. The highest BCUT2D eigenvalue weighted by Gasteiger charge is 2.21. The zero-order valence-electron chi connectivity index (χ0n) is 12.3. The van der Waals surface area contributed by atoms with Gasteiger partial charge in [-0.3, -0.25) is 4.99 Å². The van der Waals surface area contributed by atoms with E-state index < -0.39 is 0 Å². The van der Waals surface area contributed by atoms with Crippen LogP contribution in [0.1, 0.15) is 5.56 Å². The molecule has 5 heteroatoms. The van der Waals surface area contributed by atoms with E-state index in [1.54, 1.807) is 7.11 Å². The highest BCUT2D eigenvalue weighted by molar-refractivity contribution is 5.97. The third-order valence-corrected chi connectivity index (χ3v) is 3.32. The molecule has 1 aromatic carbocycles. The molecule has 0 radical (unpaired) electrons. The molecule has 0 unspecified atom stereocenters. The molecule has 1 aliphatic heterocycles. The van der Waals surface area contributed by atoms with Crippen LogP contribution in [-0.4, -0.2) is 53.0 Å². The lowest BCUT2D eigenvalue weighted by Gasteiger charge is -2.22. The molecular formula is C15H23N3O2. The van der Waals surface area contributed by atoms with E-state index in [4.69, 9.17) is 9.47 Å². The molecule has 5 nitrogen and oxygen atoms in total. The Morgan fingerprint density at radius 3 is 2.95 bits per heavy atom. The normalized spacial score (nSPS) is 14.5. The van der Waals surface area contributed by atoms with Gasteiger partial charge in [0.15, 0.2) is 5.96 Å². The first kappa shape index (κ1) is 14.8. The molecular weight excluding hydrogens is 254 g/mol. The van der Waals surface area contributed by atoms with Gasteiger partial charge in [0.05, 0.1) is 19.8 Å². The molecule has 0 spiro atoms. The summed E-state index contributed by atoms with van der Waals surface area (Å²) in [5.41, 5.74) is 2.63. The lowest BCUT2D eigenvalue weighted by atomic mass is 10.2. The van der Waals surface area contributed by atoms with E-state index >= 15 is 0 Å². The van der Waals surface area contributed by atoms with Gasteiger partial charge in [-0.1, -0.05) is 18.2 Å². The second-order valence-corrected chi connectivity index (χ2v) is 4.61. The summed E-state index contributed by atoms with van der Waals surface area (Å²) in [6.45, 7) is 3.63. The van der Waals surface area contributed by atoms with Crippen LogP contribution in [-0.2, 0) is 15.9 Å². The van der Waals surface area contributed by atoms with Crippen LogP contribution in [0.15, 0.2) is 29.3 Å². The zero-order chi connectivity index (χ0) is 14.2. The maximum absolute atomic E-state index is 5.44. The Labute approximate surface area is 120 Å². The van der Waals surface area contributed by atoms with Gasteiger partial charge in [-0.15, -0.1) is 0 Å². The molecule has 0 saturated carbocycles. The molecule has 1 heterocycles. The van der Waals surface area contributed by atoms with Gasteiger partial charge >= 0.3 is 0 Å². The van der Waals surface area contributed by atoms with Crippen molar-refractivity contribution >= 4 is 11.6 Å². The van der Waals surface area contributed by atoms with Crippen molar-refractivity contribution in [2.24, 2.45) is 4.99 Å². The lowest BCUT2D eigenvalue weighted by Crippen LogP contribution is -2.41. The number of nitrogens with one attached hydrogen (secondary N) is 1. The molecule has 0 aromatic heterocycles. The van der Waals surface area contributed by atoms with E-state index in [1.165, 1.54) is 11.3 Å². The smallest absolute Gasteiger partial charge is 0.198 e. The standard InChI is InChI=1S/C15H23N3O2/c1-16-15(17-8-10-20-12-11-19-2)18-9-7-13-5-3-4-6-14(13)18/h3-6H,7-12H2,1-2H3,(H,16,17). The number of para-hydroxylation sites is 1. The van der Waals surface area contributed by atoms with Gasteiger partial charge in [-0.05, 0) is 18.1 Å². The average Bonchev–Trinajstić information content (AvgIpc) is 2.91.